The highest BCUT2D eigenvalue weighted by Crippen LogP contribution is 2.35. The number of rotatable bonds is 8. The van der Waals surface area contributed by atoms with E-state index in [1.54, 1.807) is 12.1 Å². The summed E-state index contributed by atoms with van der Waals surface area (Å²) in [7, 11) is -1.37. The van der Waals surface area contributed by atoms with E-state index in [-0.39, 0.29) is 24.2 Å². The molecule has 0 saturated heterocycles. The Morgan fingerprint density at radius 1 is 1.10 bits per heavy atom. The maximum absolute atomic E-state index is 13.0. The van der Waals surface area contributed by atoms with Crippen molar-refractivity contribution in [2.45, 2.75) is 38.5 Å². The monoisotopic (exact) mass is 469 g/mol. The van der Waals surface area contributed by atoms with Crippen LogP contribution in [0.15, 0.2) is 42.7 Å². The highest BCUT2D eigenvalue weighted by atomic mass is 35.5. The fourth-order valence-electron chi connectivity index (χ4n) is 2.61. The van der Waals surface area contributed by atoms with E-state index in [1.165, 1.54) is 6.20 Å². The van der Waals surface area contributed by atoms with Crippen LogP contribution in [0.3, 0.4) is 0 Å². The third-order valence-electron chi connectivity index (χ3n) is 4.40. The van der Waals surface area contributed by atoms with Crippen LogP contribution in [-0.2, 0) is 12.8 Å². The van der Waals surface area contributed by atoms with E-state index < -0.39 is 19.8 Å². The SMILES string of the molecule is C[Si](C)(C)CCOc1nc(OCc2ccc(Cl)cc2)ncc1-c1cc(C(F)(F)F)c[nH]1. The van der Waals surface area contributed by atoms with Gasteiger partial charge < -0.3 is 14.5 Å². The van der Waals surface area contributed by atoms with Gasteiger partial charge in [-0.15, -0.1) is 0 Å². The number of nitrogens with zero attached hydrogens (tertiary/aromatic N) is 2. The number of aromatic nitrogens is 3. The van der Waals surface area contributed by atoms with Crippen molar-refractivity contribution in [1.82, 2.24) is 15.0 Å². The van der Waals surface area contributed by atoms with Crippen molar-refractivity contribution in [2.75, 3.05) is 6.61 Å². The van der Waals surface area contributed by atoms with E-state index in [2.05, 4.69) is 34.6 Å². The predicted octanol–water partition coefficient (Wildman–Crippen LogP) is 6.44. The van der Waals surface area contributed by atoms with Crippen LogP contribution in [-0.4, -0.2) is 29.6 Å². The molecular formula is C21H23ClF3N3O2Si. The molecule has 3 rings (SSSR count). The molecule has 5 nitrogen and oxygen atoms in total. The first-order valence-electron chi connectivity index (χ1n) is 9.64. The topological polar surface area (TPSA) is 60.0 Å². The van der Waals surface area contributed by atoms with Gasteiger partial charge in [-0.1, -0.05) is 43.4 Å². The van der Waals surface area contributed by atoms with Gasteiger partial charge in [-0.25, -0.2) is 4.98 Å². The van der Waals surface area contributed by atoms with Gasteiger partial charge in [0.15, 0.2) is 0 Å². The van der Waals surface area contributed by atoms with E-state index in [4.69, 9.17) is 21.1 Å². The highest BCUT2D eigenvalue weighted by Gasteiger charge is 2.32. The fourth-order valence-corrected chi connectivity index (χ4v) is 3.45. The maximum atomic E-state index is 13.0. The zero-order chi connectivity index (χ0) is 22.6. The van der Waals surface area contributed by atoms with Crippen LogP contribution in [0.2, 0.25) is 30.7 Å². The zero-order valence-corrected chi connectivity index (χ0v) is 19.1. The number of hydrogen-bond donors (Lipinski definition) is 1. The Balaban J connectivity index is 1.83. The lowest BCUT2D eigenvalue weighted by Crippen LogP contribution is -2.22. The van der Waals surface area contributed by atoms with Crippen LogP contribution in [0.1, 0.15) is 11.1 Å². The van der Waals surface area contributed by atoms with Crippen molar-refractivity contribution in [3.8, 4) is 23.1 Å². The lowest BCUT2D eigenvalue weighted by Gasteiger charge is -2.17. The summed E-state index contributed by atoms with van der Waals surface area (Å²) >= 11 is 5.88. The summed E-state index contributed by atoms with van der Waals surface area (Å²) in [5.41, 5.74) is 0.653. The summed E-state index contributed by atoms with van der Waals surface area (Å²) in [6.45, 7) is 7.24. The first-order chi connectivity index (χ1) is 14.5. The number of benzene rings is 1. The third kappa shape index (κ3) is 6.73. The van der Waals surface area contributed by atoms with Gasteiger partial charge >= 0.3 is 12.2 Å². The molecule has 3 aromatic rings. The molecule has 2 heterocycles. The minimum atomic E-state index is -4.45. The van der Waals surface area contributed by atoms with E-state index in [1.807, 2.05) is 12.1 Å². The molecule has 0 bridgehead atoms. The largest absolute Gasteiger partial charge is 0.477 e. The van der Waals surface area contributed by atoms with Crippen molar-refractivity contribution in [3.05, 3.63) is 58.9 Å². The average Bonchev–Trinajstić information content (AvgIpc) is 3.17. The molecule has 10 heteroatoms. The molecule has 31 heavy (non-hydrogen) atoms. The van der Waals surface area contributed by atoms with Crippen molar-refractivity contribution in [2.24, 2.45) is 0 Å². The molecule has 0 amide bonds. The lowest BCUT2D eigenvalue weighted by molar-refractivity contribution is -0.137. The van der Waals surface area contributed by atoms with Gasteiger partial charge in [-0.2, -0.15) is 18.2 Å². The number of aromatic amines is 1. The Bertz CT molecular complexity index is 1020. The number of nitrogens with one attached hydrogen (secondary N) is 1. The Hall–Kier alpha value is -2.52. The number of ether oxygens (including phenoxy) is 2. The van der Waals surface area contributed by atoms with Gasteiger partial charge in [0.1, 0.15) is 6.61 Å². The van der Waals surface area contributed by atoms with Crippen LogP contribution < -0.4 is 9.47 Å². The Morgan fingerprint density at radius 2 is 1.81 bits per heavy atom. The minimum absolute atomic E-state index is 0.0734. The van der Waals surface area contributed by atoms with Gasteiger partial charge in [0.25, 0.3) is 0 Å². The molecular weight excluding hydrogens is 447 g/mol. The average molecular weight is 470 g/mol. The lowest BCUT2D eigenvalue weighted by atomic mass is 10.2. The molecule has 0 fully saturated rings. The molecule has 0 aliphatic heterocycles. The molecule has 0 saturated carbocycles. The number of alkyl halides is 3. The van der Waals surface area contributed by atoms with Crippen LogP contribution in [0, 0.1) is 0 Å². The molecule has 0 unspecified atom stereocenters. The van der Waals surface area contributed by atoms with E-state index in [0.717, 1.165) is 23.9 Å². The molecule has 0 atom stereocenters. The van der Waals surface area contributed by atoms with Crippen molar-refractivity contribution < 1.29 is 22.6 Å². The summed E-state index contributed by atoms with van der Waals surface area (Å²) in [6, 6.07) is 9.09. The van der Waals surface area contributed by atoms with Crippen LogP contribution in [0.4, 0.5) is 13.2 Å². The van der Waals surface area contributed by atoms with Crippen LogP contribution in [0.5, 0.6) is 11.9 Å². The van der Waals surface area contributed by atoms with Crippen LogP contribution >= 0.6 is 11.6 Å². The highest BCUT2D eigenvalue weighted by molar-refractivity contribution is 6.76. The Labute approximate surface area is 184 Å². The first kappa shape index (κ1) is 23.1. The normalized spacial score (nSPS) is 12.1. The van der Waals surface area contributed by atoms with Gasteiger partial charge in [0.05, 0.1) is 23.4 Å². The molecule has 1 N–H and O–H groups in total. The van der Waals surface area contributed by atoms with Crippen molar-refractivity contribution >= 4 is 19.7 Å². The molecule has 0 aliphatic carbocycles. The second-order valence-electron chi connectivity index (χ2n) is 8.25. The summed E-state index contributed by atoms with van der Waals surface area (Å²) in [5.74, 6) is 0.176. The smallest absolute Gasteiger partial charge is 0.417 e. The molecule has 166 valence electrons. The summed E-state index contributed by atoms with van der Waals surface area (Å²) in [5, 5.41) is 0.617. The number of hydrogen-bond acceptors (Lipinski definition) is 4. The van der Waals surface area contributed by atoms with E-state index in [0.29, 0.717) is 17.2 Å². The van der Waals surface area contributed by atoms with E-state index in [9.17, 15) is 13.2 Å². The van der Waals surface area contributed by atoms with Gasteiger partial charge in [0.2, 0.25) is 5.88 Å². The van der Waals surface area contributed by atoms with Gasteiger partial charge in [0, 0.05) is 25.5 Å². The van der Waals surface area contributed by atoms with Crippen LogP contribution in [0.25, 0.3) is 11.3 Å². The second kappa shape index (κ2) is 9.31. The Kier molecular flexibility index (Phi) is 6.95. The number of halogens is 4. The first-order valence-corrected chi connectivity index (χ1v) is 13.7. The van der Waals surface area contributed by atoms with Crippen molar-refractivity contribution in [1.29, 1.82) is 0 Å². The van der Waals surface area contributed by atoms with E-state index >= 15 is 0 Å². The van der Waals surface area contributed by atoms with Gasteiger partial charge in [-0.05, 0) is 29.8 Å². The minimum Gasteiger partial charge on any atom is -0.477 e. The fraction of sp³-hybridized carbons (Fsp3) is 0.333. The molecule has 0 radical (unpaired) electrons. The van der Waals surface area contributed by atoms with Crippen molar-refractivity contribution in [3.63, 3.8) is 0 Å². The molecule has 0 aliphatic rings. The summed E-state index contributed by atoms with van der Waals surface area (Å²) < 4.78 is 50.5. The summed E-state index contributed by atoms with van der Waals surface area (Å²) in [6.07, 6.45) is -2.14. The third-order valence-corrected chi connectivity index (χ3v) is 6.36. The molecule has 0 spiro atoms. The molecule has 2 aromatic heterocycles. The van der Waals surface area contributed by atoms with Gasteiger partial charge in [-0.3, -0.25) is 0 Å². The predicted molar refractivity (Wildman–Crippen MR) is 116 cm³/mol. The molecule has 1 aromatic carbocycles. The quantitative estimate of drug-likeness (QED) is 0.385. The Morgan fingerprint density at radius 3 is 2.42 bits per heavy atom. The summed E-state index contributed by atoms with van der Waals surface area (Å²) in [4.78, 5) is 11.1. The number of H-pyrrole nitrogens is 1. The second-order valence-corrected chi connectivity index (χ2v) is 14.3. The standard InChI is InChI=1S/C21H23ClF3N3O2Si/c1-31(2,3)9-8-29-19-17(18-10-15(11-26-18)21(23,24)25)12-27-20(28-19)30-13-14-4-6-16(22)7-5-14/h4-7,10-12,26H,8-9,13H2,1-3H3. The maximum Gasteiger partial charge on any atom is 0.417 e. The zero-order valence-electron chi connectivity index (χ0n) is 17.4.